The number of benzene rings is 1. The van der Waals surface area contributed by atoms with Gasteiger partial charge in [-0.05, 0) is 29.4 Å². The average molecular weight is 290 g/mol. The van der Waals surface area contributed by atoms with Gasteiger partial charge in [-0.15, -0.1) is 0 Å². The van der Waals surface area contributed by atoms with Gasteiger partial charge in [-0.3, -0.25) is 4.79 Å². The van der Waals surface area contributed by atoms with Gasteiger partial charge in [-0.2, -0.15) is 0 Å². The number of ether oxygens (including phenoxy) is 1. The Morgan fingerprint density at radius 2 is 2.19 bits per heavy atom. The lowest BCUT2D eigenvalue weighted by molar-refractivity contribution is -0.124. The molecule has 21 heavy (non-hydrogen) atoms. The van der Waals surface area contributed by atoms with Gasteiger partial charge in [0.15, 0.2) is 0 Å². The molecule has 1 amide bonds. The Hall–Kier alpha value is -1.39. The number of rotatable bonds is 5. The Labute approximate surface area is 127 Å². The Kier molecular flexibility index (Phi) is 5.01. The first kappa shape index (κ1) is 16.0. The normalized spacial score (nSPS) is 21.4. The minimum absolute atomic E-state index is 0.00630. The van der Waals surface area contributed by atoms with Crippen LogP contribution in [-0.2, 0) is 14.9 Å². The monoisotopic (exact) mass is 290 g/mol. The summed E-state index contributed by atoms with van der Waals surface area (Å²) in [6.07, 6.45) is 2.14. The fourth-order valence-corrected chi connectivity index (χ4v) is 3.09. The highest BCUT2D eigenvalue weighted by atomic mass is 16.5. The minimum Gasteiger partial charge on any atom is -0.380 e. The van der Waals surface area contributed by atoms with Crippen LogP contribution in [0, 0.1) is 0 Å². The van der Waals surface area contributed by atoms with E-state index in [1.165, 1.54) is 11.1 Å². The van der Waals surface area contributed by atoms with Gasteiger partial charge in [0.05, 0.1) is 18.6 Å². The second kappa shape index (κ2) is 6.58. The van der Waals surface area contributed by atoms with Gasteiger partial charge < -0.3 is 15.8 Å². The van der Waals surface area contributed by atoms with E-state index >= 15 is 0 Å². The van der Waals surface area contributed by atoms with Crippen LogP contribution >= 0.6 is 0 Å². The van der Waals surface area contributed by atoms with Gasteiger partial charge in [-0.25, -0.2) is 0 Å². The van der Waals surface area contributed by atoms with E-state index < -0.39 is 0 Å². The summed E-state index contributed by atoms with van der Waals surface area (Å²) in [4.78, 5) is 12.2. The molecule has 0 radical (unpaired) electrons. The number of carbonyl (C=O) groups excluding carboxylic acids is 1. The van der Waals surface area contributed by atoms with Gasteiger partial charge >= 0.3 is 0 Å². The first-order valence-electron chi connectivity index (χ1n) is 7.59. The third-order valence-corrected chi connectivity index (χ3v) is 4.47. The highest BCUT2D eigenvalue weighted by Crippen LogP contribution is 2.41. The minimum atomic E-state index is -0.208. The molecule has 4 nitrogen and oxygen atoms in total. The quantitative estimate of drug-likeness (QED) is 0.874. The van der Waals surface area contributed by atoms with E-state index in [4.69, 9.17) is 10.5 Å². The van der Waals surface area contributed by atoms with E-state index in [1.54, 1.807) is 7.11 Å². The van der Waals surface area contributed by atoms with Crippen molar-refractivity contribution >= 4 is 5.91 Å². The fourth-order valence-electron chi connectivity index (χ4n) is 3.09. The molecule has 0 heterocycles. The Balaban J connectivity index is 2.10. The lowest BCUT2D eigenvalue weighted by Gasteiger charge is -2.37. The zero-order valence-corrected chi connectivity index (χ0v) is 13.2. The molecule has 2 rings (SSSR count). The van der Waals surface area contributed by atoms with E-state index in [2.05, 4.69) is 37.4 Å². The second-order valence-electron chi connectivity index (χ2n) is 6.43. The zero-order valence-electron chi connectivity index (χ0n) is 13.2. The van der Waals surface area contributed by atoms with E-state index in [1.807, 2.05) is 6.07 Å². The van der Waals surface area contributed by atoms with Crippen LogP contribution in [-0.4, -0.2) is 25.7 Å². The molecule has 1 aromatic rings. The van der Waals surface area contributed by atoms with Crippen molar-refractivity contribution in [3.8, 4) is 0 Å². The molecule has 1 aliphatic carbocycles. The molecular weight excluding hydrogens is 264 g/mol. The number of amides is 1. The molecule has 0 aromatic heterocycles. The highest BCUT2D eigenvalue weighted by molar-refractivity contribution is 5.77. The van der Waals surface area contributed by atoms with E-state index in [-0.39, 0.29) is 23.5 Å². The number of carbonyl (C=O) groups is 1. The van der Waals surface area contributed by atoms with Crippen LogP contribution in [0.4, 0.5) is 0 Å². The molecule has 2 atom stereocenters. The number of hydrogen-bond acceptors (Lipinski definition) is 3. The fraction of sp³-hybridized carbons (Fsp3) is 0.588. The van der Waals surface area contributed by atoms with Crippen LogP contribution in [0.5, 0.6) is 0 Å². The molecule has 1 aliphatic rings. The SMILES string of the molecule is COC(CN)CC(=O)NC1CCC(C)(C)c2ccccc21. The zero-order chi connectivity index (χ0) is 15.5. The predicted molar refractivity (Wildman–Crippen MR) is 84.1 cm³/mol. The van der Waals surface area contributed by atoms with E-state index in [9.17, 15) is 4.79 Å². The van der Waals surface area contributed by atoms with Crippen molar-refractivity contribution in [3.05, 3.63) is 35.4 Å². The van der Waals surface area contributed by atoms with Crippen molar-refractivity contribution in [1.29, 1.82) is 0 Å². The molecule has 116 valence electrons. The average Bonchev–Trinajstić information content (AvgIpc) is 2.48. The molecule has 3 N–H and O–H groups in total. The summed E-state index contributed by atoms with van der Waals surface area (Å²) in [6.45, 7) is 4.89. The number of methoxy groups -OCH3 is 1. The Morgan fingerprint density at radius 3 is 2.86 bits per heavy atom. The van der Waals surface area contributed by atoms with Crippen molar-refractivity contribution in [2.24, 2.45) is 5.73 Å². The number of nitrogens with two attached hydrogens (primary N) is 1. The second-order valence-corrected chi connectivity index (χ2v) is 6.43. The van der Waals surface area contributed by atoms with Gasteiger partial charge in [-0.1, -0.05) is 38.1 Å². The van der Waals surface area contributed by atoms with Gasteiger partial charge in [0.2, 0.25) is 5.91 Å². The Morgan fingerprint density at radius 1 is 1.48 bits per heavy atom. The summed E-state index contributed by atoms with van der Waals surface area (Å²) in [5, 5.41) is 3.14. The maximum atomic E-state index is 12.2. The molecule has 4 heteroatoms. The topological polar surface area (TPSA) is 64.3 Å². The van der Waals surface area contributed by atoms with Crippen molar-refractivity contribution < 1.29 is 9.53 Å². The standard InChI is InChI=1S/C17H26N2O2/c1-17(2)9-8-15(13-6-4-5-7-14(13)17)19-16(20)10-12(11-18)21-3/h4-7,12,15H,8-11,18H2,1-3H3,(H,19,20). The van der Waals surface area contributed by atoms with Crippen LogP contribution in [0.15, 0.2) is 24.3 Å². The predicted octanol–water partition coefficient (Wildman–Crippen LogP) is 2.28. The molecule has 1 aromatic carbocycles. The molecule has 0 saturated heterocycles. The number of fused-ring (bicyclic) bond motifs is 1. The molecule has 2 unspecified atom stereocenters. The summed E-state index contributed by atoms with van der Waals surface area (Å²) >= 11 is 0. The molecular formula is C17H26N2O2. The smallest absolute Gasteiger partial charge is 0.223 e. The summed E-state index contributed by atoms with van der Waals surface area (Å²) < 4.78 is 5.18. The highest BCUT2D eigenvalue weighted by Gasteiger charge is 2.32. The first-order valence-corrected chi connectivity index (χ1v) is 7.59. The molecule has 0 fully saturated rings. The lowest BCUT2D eigenvalue weighted by Crippen LogP contribution is -2.38. The Bertz CT molecular complexity index is 495. The van der Waals surface area contributed by atoms with Crippen molar-refractivity contribution in [2.75, 3.05) is 13.7 Å². The summed E-state index contributed by atoms with van der Waals surface area (Å²) in [5.74, 6) is 0.00630. The van der Waals surface area contributed by atoms with E-state index in [0.29, 0.717) is 13.0 Å². The third kappa shape index (κ3) is 3.63. The van der Waals surface area contributed by atoms with Crippen LogP contribution < -0.4 is 11.1 Å². The summed E-state index contributed by atoms with van der Waals surface area (Å²) in [5.41, 5.74) is 8.32. The summed E-state index contributed by atoms with van der Waals surface area (Å²) in [6, 6.07) is 8.50. The molecule has 0 spiro atoms. The maximum absolute atomic E-state index is 12.2. The third-order valence-electron chi connectivity index (χ3n) is 4.47. The number of nitrogens with one attached hydrogen (secondary N) is 1. The molecule has 0 bridgehead atoms. The van der Waals surface area contributed by atoms with E-state index in [0.717, 1.165) is 12.8 Å². The van der Waals surface area contributed by atoms with Gasteiger partial charge in [0.1, 0.15) is 0 Å². The van der Waals surface area contributed by atoms with Crippen molar-refractivity contribution in [3.63, 3.8) is 0 Å². The molecule has 0 aliphatic heterocycles. The number of hydrogen-bond donors (Lipinski definition) is 2. The van der Waals surface area contributed by atoms with Crippen LogP contribution in [0.2, 0.25) is 0 Å². The first-order chi connectivity index (χ1) is 9.97. The van der Waals surface area contributed by atoms with Gasteiger partial charge in [0.25, 0.3) is 0 Å². The lowest BCUT2D eigenvalue weighted by atomic mass is 9.71. The van der Waals surface area contributed by atoms with Gasteiger partial charge in [0, 0.05) is 13.7 Å². The van der Waals surface area contributed by atoms with Crippen molar-refractivity contribution in [1.82, 2.24) is 5.32 Å². The maximum Gasteiger partial charge on any atom is 0.223 e. The van der Waals surface area contributed by atoms with Crippen LogP contribution in [0.3, 0.4) is 0 Å². The van der Waals surface area contributed by atoms with Crippen LogP contribution in [0.1, 0.15) is 50.3 Å². The van der Waals surface area contributed by atoms with Crippen LogP contribution in [0.25, 0.3) is 0 Å². The van der Waals surface area contributed by atoms with Crippen molar-refractivity contribution in [2.45, 2.75) is 50.7 Å². The summed E-state index contributed by atoms with van der Waals surface area (Å²) in [7, 11) is 1.59. The molecule has 0 saturated carbocycles. The largest absolute Gasteiger partial charge is 0.380 e.